The number of nitrogens with two attached hydrogens (primary N) is 1. The number of nitrogens with one attached hydrogen (secondary N) is 2. The number of carbonyl (C=O) groups is 1. The van der Waals surface area contributed by atoms with Crippen molar-refractivity contribution in [1.29, 1.82) is 0 Å². The van der Waals surface area contributed by atoms with Gasteiger partial charge in [-0.15, -0.1) is 0 Å². The second-order valence-corrected chi connectivity index (χ2v) is 9.22. The summed E-state index contributed by atoms with van der Waals surface area (Å²) < 4.78 is 11.8. The van der Waals surface area contributed by atoms with Crippen molar-refractivity contribution >= 4 is 28.2 Å². The molecule has 7 heteroatoms. The summed E-state index contributed by atoms with van der Waals surface area (Å²) in [7, 11) is 0. The van der Waals surface area contributed by atoms with Crippen molar-refractivity contribution in [2.24, 2.45) is 0 Å². The maximum atomic E-state index is 13.6. The molecular formula is C30H34N4O3. The quantitative estimate of drug-likeness (QED) is 0.256. The monoisotopic (exact) mass is 498 g/mol. The summed E-state index contributed by atoms with van der Waals surface area (Å²) in [6.45, 7) is 8.80. The lowest BCUT2D eigenvalue weighted by molar-refractivity contribution is -0.122. The Bertz CT molecular complexity index is 1390. The van der Waals surface area contributed by atoms with E-state index in [0.29, 0.717) is 30.5 Å². The molecule has 0 saturated heterocycles. The number of nitrogens with zero attached hydrogens (tertiary/aromatic N) is 1. The van der Waals surface area contributed by atoms with Crippen LogP contribution < -0.4 is 25.8 Å². The molecule has 4 N–H and O–H groups in total. The molecule has 0 spiro atoms. The van der Waals surface area contributed by atoms with Gasteiger partial charge in [0, 0.05) is 23.8 Å². The minimum Gasteiger partial charge on any atom is -0.490 e. The minimum atomic E-state index is -0.672. The summed E-state index contributed by atoms with van der Waals surface area (Å²) in [6.07, 6.45) is 1.67. The normalized spacial score (nSPS) is 11.8. The van der Waals surface area contributed by atoms with Crippen molar-refractivity contribution < 1.29 is 14.3 Å². The van der Waals surface area contributed by atoms with Crippen LogP contribution in [0.2, 0.25) is 0 Å². The van der Waals surface area contributed by atoms with E-state index < -0.39 is 6.04 Å². The number of benzene rings is 3. The van der Waals surface area contributed by atoms with E-state index in [2.05, 4.69) is 21.7 Å². The molecule has 0 radical (unpaired) electrons. The lowest BCUT2D eigenvalue weighted by Gasteiger charge is -2.22. The van der Waals surface area contributed by atoms with Gasteiger partial charge in [0.05, 0.1) is 12.7 Å². The van der Waals surface area contributed by atoms with Crippen LogP contribution >= 0.6 is 0 Å². The third kappa shape index (κ3) is 6.50. The van der Waals surface area contributed by atoms with Gasteiger partial charge in [-0.25, -0.2) is 4.98 Å². The van der Waals surface area contributed by atoms with Crippen molar-refractivity contribution in [3.63, 3.8) is 0 Å². The molecule has 7 nitrogen and oxygen atoms in total. The molecule has 1 unspecified atom stereocenters. The molecule has 1 heterocycles. The number of amides is 1. The van der Waals surface area contributed by atoms with E-state index >= 15 is 0 Å². The maximum Gasteiger partial charge on any atom is 0.247 e. The minimum absolute atomic E-state index is 0.00358. The largest absolute Gasteiger partial charge is 0.490 e. The van der Waals surface area contributed by atoms with E-state index in [1.54, 1.807) is 6.20 Å². The molecule has 1 amide bonds. The van der Waals surface area contributed by atoms with Crippen LogP contribution in [0.25, 0.3) is 10.8 Å². The van der Waals surface area contributed by atoms with Crippen molar-refractivity contribution in [2.75, 3.05) is 17.7 Å². The number of anilines is 2. The molecule has 3 aromatic carbocycles. The van der Waals surface area contributed by atoms with Crippen molar-refractivity contribution in [3.05, 3.63) is 89.6 Å². The fourth-order valence-electron chi connectivity index (χ4n) is 4.20. The number of hydrogen-bond acceptors (Lipinski definition) is 6. The highest BCUT2D eigenvalue weighted by Gasteiger charge is 2.23. The van der Waals surface area contributed by atoms with E-state index in [0.717, 1.165) is 33.2 Å². The van der Waals surface area contributed by atoms with Gasteiger partial charge in [0.2, 0.25) is 5.91 Å². The first kappa shape index (κ1) is 25.8. The molecular weight excluding hydrogens is 464 g/mol. The van der Waals surface area contributed by atoms with Crippen molar-refractivity contribution in [3.8, 4) is 11.5 Å². The molecule has 0 aliphatic heterocycles. The molecule has 4 aromatic rings. The number of rotatable bonds is 10. The number of pyridine rings is 1. The Hall–Kier alpha value is -4.26. The summed E-state index contributed by atoms with van der Waals surface area (Å²) in [5, 5.41) is 8.30. The van der Waals surface area contributed by atoms with Gasteiger partial charge in [0.15, 0.2) is 11.5 Å². The number of aromatic nitrogens is 1. The average molecular weight is 499 g/mol. The van der Waals surface area contributed by atoms with E-state index in [1.165, 1.54) is 0 Å². The predicted molar refractivity (Wildman–Crippen MR) is 149 cm³/mol. The zero-order valence-corrected chi connectivity index (χ0v) is 21.7. The van der Waals surface area contributed by atoms with Crippen LogP contribution in [0, 0.1) is 6.92 Å². The van der Waals surface area contributed by atoms with Gasteiger partial charge in [-0.1, -0.05) is 35.9 Å². The van der Waals surface area contributed by atoms with Gasteiger partial charge >= 0.3 is 0 Å². The Labute approximate surface area is 218 Å². The lowest BCUT2D eigenvalue weighted by atomic mass is 10.0. The molecule has 192 valence electrons. The molecule has 0 aliphatic rings. The summed E-state index contributed by atoms with van der Waals surface area (Å²) in [6, 6.07) is 20.7. The Morgan fingerprint density at radius 3 is 2.62 bits per heavy atom. The molecule has 4 rings (SSSR count). The van der Waals surface area contributed by atoms with Crippen LogP contribution in [0.15, 0.2) is 72.9 Å². The number of carbonyl (C=O) groups excluding carboxylic acids is 1. The summed E-state index contributed by atoms with van der Waals surface area (Å²) >= 11 is 0. The van der Waals surface area contributed by atoms with Gasteiger partial charge in [-0.05, 0) is 80.6 Å². The molecule has 0 saturated carbocycles. The number of aryl methyl sites for hydroxylation is 1. The van der Waals surface area contributed by atoms with E-state index in [-0.39, 0.29) is 12.0 Å². The highest BCUT2D eigenvalue weighted by Crippen LogP contribution is 2.33. The zero-order valence-electron chi connectivity index (χ0n) is 21.7. The highest BCUT2D eigenvalue weighted by atomic mass is 16.5. The van der Waals surface area contributed by atoms with Gasteiger partial charge in [0.25, 0.3) is 0 Å². The van der Waals surface area contributed by atoms with E-state index in [9.17, 15) is 4.79 Å². The fourth-order valence-corrected chi connectivity index (χ4v) is 4.20. The topological polar surface area (TPSA) is 98.5 Å². The third-order valence-corrected chi connectivity index (χ3v) is 5.88. The Morgan fingerprint density at radius 2 is 1.86 bits per heavy atom. The first-order valence-corrected chi connectivity index (χ1v) is 12.5. The third-order valence-electron chi connectivity index (χ3n) is 5.88. The highest BCUT2D eigenvalue weighted by molar-refractivity contribution is 5.94. The van der Waals surface area contributed by atoms with Crippen LogP contribution in [-0.2, 0) is 11.3 Å². The average Bonchev–Trinajstić information content (AvgIpc) is 2.87. The number of ether oxygens (including phenoxy) is 2. The van der Waals surface area contributed by atoms with Crippen LogP contribution in [0.3, 0.4) is 0 Å². The zero-order chi connectivity index (χ0) is 26.4. The summed E-state index contributed by atoms with van der Waals surface area (Å²) in [4.78, 5) is 17.7. The summed E-state index contributed by atoms with van der Waals surface area (Å²) in [5.74, 6) is 1.56. The Morgan fingerprint density at radius 1 is 1.03 bits per heavy atom. The second kappa shape index (κ2) is 11.6. The number of fused-ring (bicyclic) bond motifs is 1. The number of hydrogen-bond donors (Lipinski definition) is 3. The summed E-state index contributed by atoms with van der Waals surface area (Å²) in [5.41, 5.74) is 9.76. The first-order valence-electron chi connectivity index (χ1n) is 12.5. The Kier molecular flexibility index (Phi) is 8.13. The predicted octanol–water partition coefficient (Wildman–Crippen LogP) is 5.78. The van der Waals surface area contributed by atoms with Crippen LogP contribution in [0.5, 0.6) is 11.5 Å². The lowest BCUT2D eigenvalue weighted by Crippen LogP contribution is -2.33. The number of nitrogen functional groups attached to an aromatic ring is 1. The molecule has 1 atom stereocenters. The molecule has 0 aliphatic carbocycles. The first-order chi connectivity index (χ1) is 17.8. The molecule has 0 fully saturated rings. The Balaban J connectivity index is 1.67. The van der Waals surface area contributed by atoms with E-state index in [4.69, 9.17) is 15.2 Å². The van der Waals surface area contributed by atoms with Crippen LogP contribution in [0.1, 0.15) is 43.5 Å². The van der Waals surface area contributed by atoms with Gasteiger partial charge in [-0.2, -0.15) is 0 Å². The molecule has 1 aromatic heterocycles. The smallest absolute Gasteiger partial charge is 0.247 e. The van der Waals surface area contributed by atoms with Gasteiger partial charge < -0.3 is 25.8 Å². The fraction of sp³-hybridized carbons (Fsp3) is 0.267. The van der Waals surface area contributed by atoms with Gasteiger partial charge in [-0.3, -0.25) is 4.79 Å². The van der Waals surface area contributed by atoms with Crippen LogP contribution in [0.4, 0.5) is 11.5 Å². The molecule has 0 bridgehead atoms. The molecule has 37 heavy (non-hydrogen) atoms. The standard InChI is InChI=1S/C30H34N4O3/c1-5-36-27-17-23(9-12-26(27)37-19(2)3)28(30(35)33-18-21-8-6-7-20(4)15-21)34-24-10-11-25-22(16-24)13-14-32-29(25)31/h6-17,19,28,34H,5,18H2,1-4H3,(H2,31,32)(H,33,35). The van der Waals surface area contributed by atoms with Crippen molar-refractivity contribution in [2.45, 2.75) is 46.4 Å². The SMILES string of the molecule is CCOc1cc(C(Nc2ccc3c(N)nccc3c2)C(=O)NCc2cccc(C)c2)ccc1OC(C)C. The van der Waals surface area contributed by atoms with Crippen LogP contribution in [-0.4, -0.2) is 23.6 Å². The maximum absolute atomic E-state index is 13.6. The van der Waals surface area contributed by atoms with Crippen molar-refractivity contribution in [1.82, 2.24) is 10.3 Å². The van der Waals surface area contributed by atoms with Gasteiger partial charge in [0.1, 0.15) is 11.9 Å². The second-order valence-electron chi connectivity index (χ2n) is 9.22. The van der Waals surface area contributed by atoms with E-state index in [1.807, 2.05) is 88.4 Å².